The molecule has 0 N–H and O–H groups in total. The van der Waals surface area contributed by atoms with Gasteiger partial charge in [0.25, 0.3) is 0 Å². The molecule has 3 aromatic rings. The van der Waals surface area contributed by atoms with Gasteiger partial charge in [0.15, 0.2) is 0 Å². The van der Waals surface area contributed by atoms with E-state index in [1.165, 1.54) is 5.56 Å². The molecule has 3 rings (SSSR count). The predicted octanol–water partition coefficient (Wildman–Crippen LogP) is 5.76. The van der Waals surface area contributed by atoms with Gasteiger partial charge in [0.1, 0.15) is 0 Å². The second-order valence-corrected chi connectivity index (χ2v) is 5.21. The Bertz CT molecular complexity index is 735. The highest BCUT2D eigenvalue weighted by atomic mass is 19.3. The summed E-state index contributed by atoms with van der Waals surface area (Å²) >= 11 is 0. The van der Waals surface area contributed by atoms with E-state index in [0.29, 0.717) is 0 Å². The molecule has 0 fully saturated rings. The maximum absolute atomic E-state index is 12.0. The molecule has 0 radical (unpaired) electrons. The van der Waals surface area contributed by atoms with E-state index in [4.69, 9.17) is 0 Å². The first-order valence-corrected chi connectivity index (χ1v) is 7.37. The molecule has 116 valence electrons. The monoisotopic (exact) mass is 310 g/mol. The van der Waals surface area contributed by atoms with Crippen LogP contribution in [0, 0.1) is 0 Å². The highest BCUT2D eigenvalue weighted by Crippen LogP contribution is 2.25. The van der Waals surface area contributed by atoms with Crippen LogP contribution in [0.3, 0.4) is 0 Å². The molecule has 0 heterocycles. The van der Waals surface area contributed by atoms with Crippen LogP contribution in [0.1, 0.15) is 5.56 Å². The van der Waals surface area contributed by atoms with Crippen LogP contribution in [0.4, 0.5) is 8.78 Å². The molecule has 0 amide bonds. The fraction of sp³-hybridized carbons (Fsp3) is 0.100. The van der Waals surface area contributed by atoms with Crippen molar-refractivity contribution in [3.8, 4) is 22.3 Å². The first-order valence-electron chi connectivity index (χ1n) is 7.37. The van der Waals surface area contributed by atoms with Crippen molar-refractivity contribution in [2.75, 3.05) is 0 Å². The number of rotatable bonds is 5. The fourth-order valence-electron chi connectivity index (χ4n) is 2.44. The Morgan fingerprint density at radius 1 is 0.609 bits per heavy atom. The minimum absolute atomic E-state index is 0.0785. The van der Waals surface area contributed by atoms with Crippen molar-refractivity contribution in [3.05, 3.63) is 84.4 Å². The van der Waals surface area contributed by atoms with Crippen LogP contribution >= 0.6 is 0 Å². The summed E-state index contributed by atoms with van der Waals surface area (Å²) in [5.74, 6) is 0. The van der Waals surface area contributed by atoms with Crippen LogP contribution in [0.15, 0.2) is 78.9 Å². The molecule has 0 aromatic heterocycles. The molecule has 0 saturated carbocycles. The summed E-state index contributed by atoms with van der Waals surface area (Å²) in [7, 11) is 0. The topological polar surface area (TPSA) is 9.23 Å². The van der Waals surface area contributed by atoms with Gasteiger partial charge in [0.2, 0.25) is 0 Å². The van der Waals surface area contributed by atoms with Crippen LogP contribution in [-0.4, -0.2) is 6.61 Å². The summed E-state index contributed by atoms with van der Waals surface area (Å²) in [4.78, 5) is 0. The first-order chi connectivity index (χ1) is 11.2. The highest BCUT2D eigenvalue weighted by Gasteiger charge is 2.04. The summed E-state index contributed by atoms with van der Waals surface area (Å²) in [6, 6.07) is 25.9. The summed E-state index contributed by atoms with van der Waals surface area (Å²) in [5.41, 5.74) is 5.21. The SMILES string of the molecule is FC(F)OCc1ccc(-c2ccc(-c3ccccc3)cc2)cc1. The van der Waals surface area contributed by atoms with Gasteiger partial charge in [0.05, 0.1) is 6.61 Å². The Kier molecular flexibility index (Phi) is 4.79. The quantitative estimate of drug-likeness (QED) is 0.582. The normalized spacial score (nSPS) is 10.9. The minimum Gasteiger partial charge on any atom is -0.318 e. The smallest absolute Gasteiger partial charge is 0.318 e. The van der Waals surface area contributed by atoms with E-state index < -0.39 is 6.61 Å². The maximum atomic E-state index is 12.0. The van der Waals surface area contributed by atoms with Crippen molar-refractivity contribution in [2.24, 2.45) is 0 Å². The molecule has 0 bridgehead atoms. The lowest BCUT2D eigenvalue weighted by Gasteiger charge is -2.07. The van der Waals surface area contributed by atoms with E-state index in [-0.39, 0.29) is 6.61 Å². The average molecular weight is 310 g/mol. The largest absolute Gasteiger partial charge is 0.345 e. The number of alkyl halides is 2. The van der Waals surface area contributed by atoms with E-state index in [9.17, 15) is 8.78 Å². The average Bonchev–Trinajstić information content (AvgIpc) is 2.61. The second-order valence-electron chi connectivity index (χ2n) is 5.21. The van der Waals surface area contributed by atoms with Crippen molar-refractivity contribution in [1.29, 1.82) is 0 Å². The zero-order valence-electron chi connectivity index (χ0n) is 12.5. The number of hydrogen-bond donors (Lipinski definition) is 0. The molecular formula is C20H16F2O. The van der Waals surface area contributed by atoms with Crippen LogP contribution in [-0.2, 0) is 11.3 Å². The number of halogens is 2. The Morgan fingerprint density at radius 2 is 1.04 bits per heavy atom. The molecule has 0 aliphatic heterocycles. The van der Waals surface area contributed by atoms with Gasteiger partial charge in [-0.15, -0.1) is 0 Å². The summed E-state index contributed by atoms with van der Waals surface area (Å²) < 4.78 is 28.3. The fourth-order valence-corrected chi connectivity index (χ4v) is 2.44. The molecule has 0 spiro atoms. The summed E-state index contributed by atoms with van der Waals surface area (Å²) in [6.45, 7) is -2.81. The van der Waals surface area contributed by atoms with Crippen molar-refractivity contribution < 1.29 is 13.5 Å². The van der Waals surface area contributed by atoms with E-state index in [0.717, 1.165) is 22.3 Å². The molecule has 0 unspecified atom stereocenters. The van der Waals surface area contributed by atoms with E-state index in [1.54, 1.807) is 0 Å². The molecule has 0 atom stereocenters. The molecule has 3 aromatic carbocycles. The molecule has 23 heavy (non-hydrogen) atoms. The zero-order valence-corrected chi connectivity index (χ0v) is 12.5. The third-order valence-electron chi connectivity index (χ3n) is 3.66. The third kappa shape index (κ3) is 4.02. The first kappa shape index (κ1) is 15.4. The van der Waals surface area contributed by atoms with Gasteiger partial charge in [0, 0.05) is 0 Å². The summed E-state index contributed by atoms with van der Waals surface area (Å²) in [5, 5.41) is 0. The third-order valence-corrected chi connectivity index (χ3v) is 3.66. The number of benzene rings is 3. The van der Waals surface area contributed by atoms with Crippen molar-refractivity contribution >= 4 is 0 Å². The van der Waals surface area contributed by atoms with Gasteiger partial charge in [-0.05, 0) is 27.8 Å². The zero-order chi connectivity index (χ0) is 16.1. The number of ether oxygens (including phenoxy) is 1. The van der Waals surface area contributed by atoms with Gasteiger partial charge in [-0.2, -0.15) is 8.78 Å². The maximum Gasteiger partial charge on any atom is 0.345 e. The van der Waals surface area contributed by atoms with Gasteiger partial charge in [-0.25, -0.2) is 0 Å². The Balaban J connectivity index is 1.74. The van der Waals surface area contributed by atoms with E-state index in [1.807, 2.05) is 42.5 Å². The number of hydrogen-bond acceptors (Lipinski definition) is 1. The highest BCUT2D eigenvalue weighted by molar-refractivity contribution is 5.70. The molecular weight excluding hydrogens is 294 g/mol. The van der Waals surface area contributed by atoms with Gasteiger partial charge >= 0.3 is 6.61 Å². The lowest BCUT2D eigenvalue weighted by Crippen LogP contribution is -1.98. The van der Waals surface area contributed by atoms with Crippen molar-refractivity contribution in [2.45, 2.75) is 13.2 Å². The molecule has 1 nitrogen and oxygen atoms in total. The van der Waals surface area contributed by atoms with E-state index >= 15 is 0 Å². The van der Waals surface area contributed by atoms with Crippen LogP contribution in [0.5, 0.6) is 0 Å². The minimum atomic E-state index is -2.74. The van der Waals surface area contributed by atoms with Crippen LogP contribution in [0.2, 0.25) is 0 Å². The molecule has 0 aliphatic rings. The Labute approximate surface area is 134 Å². The van der Waals surface area contributed by atoms with Crippen LogP contribution in [0.25, 0.3) is 22.3 Å². The lowest BCUT2D eigenvalue weighted by molar-refractivity contribution is -0.137. The van der Waals surface area contributed by atoms with E-state index in [2.05, 4.69) is 41.1 Å². The lowest BCUT2D eigenvalue weighted by atomic mass is 10.00. The molecule has 0 saturated heterocycles. The van der Waals surface area contributed by atoms with Crippen molar-refractivity contribution in [1.82, 2.24) is 0 Å². The summed E-state index contributed by atoms with van der Waals surface area (Å²) in [6.07, 6.45) is 0. The van der Waals surface area contributed by atoms with Gasteiger partial charge in [-0.3, -0.25) is 0 Å². The van der Waals surface area contributed by atoms with Gasteiger partial charge < -0.3 is 4.74 Å². The molecule has 0 aliphatic carbocycles. The standard InChI is InChI=1S/C20H16F2O/c21-20(22)23-14-15-6-8-17(9-7-15)19-12-10-18(11-13-19)16-4-2-1-3-5-16/h1-13,20H,14H2. The van der Waals surface area contributed by atoms with Crippen LogP contribution < -0.4 is 0 Å². The molecule has 3 heteroatoms. The Morgan fingerprint density at radius 3 is 1.52 bits per heavy atom. The second kappa shape index (κ2) is 7.16. The Hall–Kier alpha value is -2.52. The predicted molar refractivity (Wildman–Crippen MR) is 88.1 cm³/mol. The van der Waals surface area contributed by atoms with Gasteiger partial charge in [-0.1, -0.05) is 78.9 Å². The van der Waals surface area contributed by atoms with Crippen molar-refractivity contribution in [3.63, 3.8) is 0 Å².